The number of aliphatic hydroxyl groups excluding tert-OH is 1. The number of carbonyl (C=O) groups excluding carboxylic acids is 1. The summed E-state index contributed by atoms with van der Waals surface area (Å²) in [5.41, 5.74) is 0.911. The third kappa shape index (κ3) is 2.97. The van der Waals surface area contributed by atoms with Crippen LogP contribution in [0, 0.1) is 5.92 Å². The van der Waals surface area contributed by atoms with Crippen LogP contribution in [0.2, 0.25) is 0 Å². The van der Waals surface area contributed by atoms with Crippen LogP contribution in [0.25, 0.3) is 17.2 Å². The lowest BCUT2D eigenvalue weighted by molar-refractivity contribution is -0.119. The Morgan fingerprint density at radius 2 is 2.29 bits per heavy atom. The van der Waals surface area contributed by atoms with Crippen LogP contribution in [-0.4, -0.2) is 28.1 Å². The largest absolute Gasteiger partial charge is 0.437 e. The molecule has 21 heavy (non-hydrogen) atoms. The second kappa shape index (κ2) is 5.33. The molecule has 1 aliphatic carbocycles. The average molecular weight is 286 g/mol. The topological polar surface area (TPSA) is 75.4 Å². The van der Waals surface area contributed by atoms with Gasteiger partial charge in [-0.05, 0) is 37.8 Å². The van der Waals surface area contributed by atoms with E-state index in [1.165, 1.54) is 6.08 Å². The number of carbonyl (C=O) groups is 1. The smallest absolute Gasteiger partial charge is 0.244 e. The molecule has 1 amide bonds. The normalized spacial score (nSPS) is 18.0. The number of fused-ring (bicyclic) bond motifs is 1. The average Bonchev–Trinajstić information content (AvgIpc) is 3.25. The number of hydrogen-bond acceptors (Lipinski definition) is 4. The van der Waals surface area contributed by atoms with Gasteiger partial charge in [0.1, 0.15) is 5.52 Å². The highest BCUT2D eigenvalue weighted by Crippen LogP contribution is 2.39. The number of nitrogens with zero attached hydrogens (tertiary/aromatic N) is 1. The lowest BCUT2D eigenvalue weighted by Gasteiger charge is -2.28. The molecule has 0 bridgehead atoms. The van der Waals surface area contributed by atoms with Crippen molar-refractivity contribution >= 4 is 23.1 Å². The van der Waals surface area contributed by atoms with Crippen molar-refractivity contribution in [2.24, 2.45) is 5.92 Å². The molecule has 1 aromatic carbocycles. The first-order chi connectivity index (χ1) is 10.1. The van der Waals surface area contributed by atoms with Crippen LogP contribution in [-0.2, 0) is 4.79 Å². The highest BCUT2D eigenvalue weighted by molar-refractivity contribution is 5.92. The molecule has 1 aromatic heterocycles. The second-order valence-electron chi connectivity index (χ2n) is 5.69. The molecule has 110 valence electrons. The molecule has 3 rings (SSSR count). The summed E-state index contributed by atoms with van der Waals surface area (Å²) in [6.45, 7) is 1.82. The van der Waals surface area contributed by atoms with Gasteiger partial charge in [0.2, 0.25) is 11.8 Å². The molecule has 2 aromatic rings. The van der Waals surface area contributed by atoms with Crippen LogP contribution in [0.5, 0.6) is 0 Å². The fourth-order valence-corrected chi connectivity index (χ4v) is 2.42. The van der Waals surface area contributed by atoms with E-state index < -0.39 is 5.54 Å². The molecule has 1 fully saturated rings. The molecule has 1 heterocycles. The molecule has 1 atom stereocenters. The van der Waals surface area contributed by atoms with Crippen molar-refractivity contribution in [1.82, 2.24) is 10.3 Å². The zero-order chi connectivity index (χ0) is 14.9. The van der Waals surface area contributed by atoms with E-state index in [1.807, 2.05) is 31.2 Å². The van der Waals surface area contributed by atoms with Gasteiger partial charge in [-0.25, -0.2) is 4.98 Å². The number of benzene rings is 1. The number of rotatable bonds is 5. The van der Waals surface area contributed by atoms with E-state index in [2.05, 4.69) is 10.3 Å². The third-order valence-corrected chi connectivity index (χ3v) is 3.90. The Kier molecular flexibility index (Phi) is 3.51. The Labute approximate surface area is 122 Å². The molecule has 1 aliphatic rings. The number of hydrogen-bond donors (Lipinski definition) is 2. The molecule has 5 nitrogen and oxygen atoms in total. The number of para-hydroxylation sites is 2. The van der Waals surface area contributed by atoms with Crippen molar-refractivity contribution in [3.63, 3.8) is 0 Å². The van der Waals surface area contributed by atoms with E-state index in [9.17, 15) is 9.90 Å². The van der Waals surface area contributed by atoms with Gasteiger partial charge in [0.05, 0.1) is 12.1 Å². The van der Waals surface area contributed by atoms with Gasteiger partial charge < -0.3 is 14.8 Å². The molecular weight excluding hydrogens is 268 g/mol. The zero-order valence-electron chi connectivity index (χ0n) is 11.9. The van der Waals surface area contributed by atoms with Crippen molar-refractivity contribution in [3.8, 4) is 0 Å². The lowest BCUT2D eigenvalue weighted by atomic mass is 9.97. The fourth-order valence-electron chi connectivity index (χ4n) is 2.42. The number of amides is 1. The number of oxazole rings is 1. The summed E-state index contributed by atoms with van der Waals surface area (Å²) in [6, 6.07) is 7.44. The second-order valence-corrected chi connectivity index (χ2v) is 5.69. The summed E-state index contributed by atoms with van der Waals surface area (Å²) in [7, 11) is 0. The fraction of sp³-hybridized carbons (Fsp3) is 0.375. The van der Waals surface area contributed by atoms with E-state index in [1.54, 1.807) is 6.08 Å². The Bertz CT molecular complexity index is 655. The Balaban J connectivity index is 1.68. The van der Waals surface area contributed by atoms with Crippen molar-refractivity contribution in [3.05, 3.63) is 36.2 Å². The Hall–Kier alpha value is -2.14. The van der Waals surface area contributed by atoms with Gasteiger partial charge in [-0.2, -0.15) is 0 Å². The summed E-state index contributed by atoms with van der Waals surface area (Å²) in [5.74, 6) is 0.508. The molecule has 5 heteroatoms. The van der Waals surface area contributed by atoms with Gasteiger partial charge in [0, 0.05) is 12.2 Å². The van der Waals surface area contributed by atoms with Crippen LogP contribution in [0.4, 0.5) is 0 Å². The van der Waals surface area contributed by atoms with Gasteiger partial charge in [0.25, 0.3) is 0 Å². The number of aromatic nitrogens is 1. The quantitative estimate of drug-likeness (QED) is 0.826. The monoisotopic (exact) mass is 286 g/mol. The highest BCUT2D eigenvalue weighted by atomic mass is 16.3. The van der Waals surface area contributed by atoms with Crippen LogP contribution >= 0.6 is 0 Å². The van der Waals surface area contributed by atoms with Gasteiger partial charge in [-0.15, -0.1) is 0 Å². The molecule has 0 saturated heterocycles. The maximum atomic E-state index is 12.0. The third-order valence-electron chi connectivity index (χ3n) is 3.90. The van der Waals surface area contributed by atoms with Gasteiger partial charge >= 0.3 is 0 Å². The molecule has 1 unspecified atom stereocenters. The van der Waals surface area contributed by atoms with Crippen LogP contribution in [0.3, 0.4) is 0 Å². The lowest BCUT2D eigenvalue weighted by Crippen LogP contribution is -2.50. The minimum atomic E-state index is -0.539. The van der Waals surface area contributed by atoms with Crippen molar-refractivity contribution < 1.29 is 14.3 Å². The van der Waals surface area contributed by atoms with Gasteiger partial charge in [0.15, 0.2) is 5.58 Å². The predicted molar refractivity (Wildman–Crippen MR) is 79.4 cm³/mol. The summed E-state index contributed by atoms with van der Waals surface area (Å²) in [5, 5.41) is 12.3. The van der Waals surface area contributed by atoms with Crippen LogP contribution in [0.1, 0.15) is 25.7 Å². The Morgan fingerprint density at radius 1 is 1.52 bits per heavy atom. The van der Waals surface area contributed by atoms with Crippen molar-refractivity contribution in [2.45, 2.75) is 25.3 Å². The first-order valence-corrected chi connectivity index (χ1v) is 7.07. The van der Waals surface area contributed by atoms with Gasteiger partial charge in [-0.3, -0.25) is 4.79 Å². The molecular formula is C16H18N2O3. The number of aliphatic hydroxyl groups is 1. The minimum Gasteiger partial charge on any atom is -0.437 e. The maximum absolute atomic E-state index is 12.0. The highest BCUT2D eigenvalue weighted by Gasteiger charge is 2.41. The zero-order valence-corrected chi connectivity index (χ0v) is 11.9. The summed E-state index contributed by atoms with van der Waals surface area (Å²) < 4.78 is 5.51. The SMILES string of the molecule is CC(CO)(NC(=O)/C=C/c1nc2ccccc2o1)C1CC1. The summed E-state index contributed by atoms with van der Waals surface area (Å²) >= 11 is 0. The van der Waals surface area contributed by atoms with Crippen molar-refractivity contribution in [2.75, 3.05) is 6.61 Å². The number of nitrogens with one attached hydrogen (secondary N) is 1. The van der Waals surface area contributed by atoms with Crippen molar-refractivity contribution in [1.29, 1.82) is 0 Å². The first-order valence-electron chi connectivity index (χ1n) is 7.07. The van der Waals surface area contributed by atoms with E-state index in [-0.39, 0.29) is 12.5 Å². The van der Waals surface area contributed by atoms with Gasteiger partial charge in [-0.1, -0.05) is 12.1 Å². The van der Waals surface area contributed by atoms with Crippen LogP contribution < -0.4 is 5.32 Å². The minimum absolute atomic E-state index is 0.0554. The maximum Gasteiger partial charge on any atom is 0.244 e. The van der Waals surface area contributed by atoms with E-state index in [4.69, 9.17) is 4.42 Å². The summed E-state index contributed by atoms with van der Waals surface area (Å²) in [6.07, 6.45) is 5.03. The molecule has 0 aliphatic heterocycles. The first kappa shape index (κ1) is 13.8. The standard InChI is InChI=1S/C16H18N2O3/c1-16(10-19,11-6-7-11)18-14(20)8-9-15-17-12-4-2-3-5-13(12)21-15/h2-5,8-9,11,19H,6-7,10H2,1H3,(H,18,20)/b9-8+. The predicted octanol–water partition coefficient (Wildman–Crippen LogP) is 2.12. The molecule has 2 N–H and O–H groups in total. The Morgan fingerprint density at radius 3 is 2.95 bits per heavy atom. The van der Waals surface area contributed by atoms with Crippen LogP contribution in [0.15, 0.2) is 34.8 Å². The molecule has 0 spiro atoms. The molecule has 0 radical (unpaired) electrons. The molecule has 1 saturated carbocycles. The van der Waals surface area contributed by atoms with E-state index in [0.29, 0.717) is 17.4 Å². The van der Waals surface area contributed by atoms with E-state index in [0.717, 1.165) is 18.4 Å². The summed E-state index contributed by atoms with van der Waals surface area (Å²) in [4.78, 5) is 16.2. The van der Waals surface area contributed by atoms with E-state index >= 15 is 0 Å².